The van der Waals surface area contributed by atoms with Crippen LogP contribution in [0, 0.1) is 10.1 Å². The summed E-state index contributed by atoms with van der Waals surface area (Å²) in [5.74, 6) is -0.342. The Bertz CT molecular complexity index is 406. The molecule has 1 aromatic rings. The van der Waals surface area contributed by atoms with Crippen molar-refractivity contribution in [3.8, 4) is 0 Å². The van der Waals surface area contributed by atoms with Crippen LogP contribution < -0.4 is 5.32 Å². The van der Waals surface area contributed by atoms with Gasteiger partial charge in [-0.2, -0.15) is 0 Å². The fourth-order valence-electron chi connectivity index (χ4n) is 1.06. The third kappa shape index (κ3) is 3.01. The van der Waals surface area contributed by atoms with Crippen LogP contribution in [0.5, 0.6) is 0 Å². The average molecular weight is 223 g/mol. The summed E-state index contributed by atoms with van der Waals surface area (Å²) in [6, 6.07) is 1.25. The van der Waals surface area contributed by atoms with E-state index >= 15 is 0 Å². The van der Waals surface area contributed by atoms with Crippen LogP contribution in [0.3, 0.4) is 0 Å². The molecule has 0 bridgehead atoms. The zero-order valence-corrected chi connectivity index (χ0v) is 9.14. The van der Waals surface area contributed by atoms with Gasteiger partial charge in [-0.3, -0.25) is 19.9 Å². The molecule has 6 heteroatoms. The smallest absolute Gasteiger partial charge is 0.288 e. The van der Waals surface area contributed by atoms with Gasteiger partial charge in [0.05, 0.1) is 10.5 Å². The zero-order chi connectivity index (χ0) is 12.1. The zero-order valence-electron chi connectivity index (χ0n) is 9.14. The number of nitrogens with zero attached hydrogens (tertiary/aromatic N) is 2. The van der Waals surface area contributed by atoms with E-state index in [2.05, 4.69) is 10.3 Å². The third-order valence-corrected chi connectivity index (χ3v) is 2.19. The number of hydrogen-bond acceptors (Lipinski definition) is 4. The van der Waals surface area contributed by atoms with Gasteiger partial charge in [-0.1, -0.05) is 6.92 Å². The molecule has 0 aliphatic rings. The van der Waals surface area contributed by atoms with Crippen LogP contribution in [-0.4, -0.2) is 21.9 Å². The molecule has 16 heavy (non-hydrogen) atoms. The number of carbonyl (C=O) groups excluding carboxylic acids is 1. The minimum Gasteiger partial charge on any atom is -0.350 e. The quantitative estimate of drug-likeness (QED) is 0.619. The number of aromatic nitrogens is 1. The summed E-state index contributed by atoms with van der Waals surface area (Å²) in [5.41, 5.74) is 0.0197. The highest BCUT2D eigenvalue weighted by molar-refractivity contribution is 5.94. The molecule has 1 atom stereocenters. The molecule has 1 rings (SSSR count). The molecule has 0 spiro atoms. The topological polar surface area (TPSA) is 85.1 Å². The van der Waals surface area contributed by atoms with Gasteiger partial charge in [0.15, 0.2) is 0 Å². The first-order valence-electron chi connectivity index (χ1n) is 4.95. The normalized spacial score (nSPS) is 11.9. The number of amides is 1. The fraction of sp³-hybridized carbons (Fsp3) is 0.400. The van der Waals surface area contributed by atoms with Crippen molar-refractivity contribution in [1.82, 2.24) is 10.3 Å². The maximum atomic E-state index is 11.6. The predicted octanol–water partition coefficient (Wildman–Crippen LogP) is 1.52. The lowest BCUT2D eigenvalue weighted by atomic mass is 10.2. The van der Waals surface area contributed by atoms with E-state index in [4.69, 9.17) is 0 Å². The van der Waals surface area contributed by atoms with E-state index in [1.54, 1.807) is 0 Å². The second-order valence-corrected chi connectivity index (χ2v) is 3.47. The molecule has 1 N–H and O–H groups in total. The van der Waals surface area contributed by atoms with Crippen molar-refractivity contribution in [2.24, 2.45) is 0 Å². The maximum Gasteiger partial charge on any atom is 0.288 e. The first kappa shape index (κ1) is 12.1. The van der Waals surface area contributed by atoms with Crippen molar-refractivity contribution in [3.63, 3.8) is 0 Å². The highest BCUT2D eigenvalue weighted by atomic mass is 16.6. The largest absolute Gasteiger partial charge is 0.350 e. The first-order valence-corrected chi connectivity index (χ1v) is 4.95. The second kappa shape index (κ2) is 5.20. The minimum absolute atomic E-state index is 0.0340. The molecule has 0 aliphatic carbocycles. The Morgan fingerprint density at radius 1 is 1.62 bits per heavy atom. The summed E-state index contributed by atoms with van der Waals surface area (Å²) in [4.78, 5) is 25.2. The van der Waals surface area contributed by atoms with E-state index in [0.29, 0.717) is 0 Å². The average Bonchev–Trinajstić information content (AvgIpc) is 2.28. The Balaban J connectivity index is 2.83. The summed E-state index contributed by atoms with van der Waals surface area (Å²) in [6.07, 6.45) is 3.22. The summed E-state index contributed by atoms with van der Waals surface area (Å²) >= 11 is 0. The molecule has 1 aromatic heterocycles. The lowest BCUT2D eigenvalue weighted by molar-refractivity contribution is -0.385. The van der Waals surface area contributed by atoms with Gasteiger partial charge in [0, 0.05) is 18.3 Å². The maximum absolute atomic E-state index is 11.6. The number of rotatable bonds is 4. The number of nitrogens with one attached hydrogen (secondary N) is 1. The van der Waals surface area contributed by atoms with E-state index in [-0.39, 0.29) is 23.2 Å². The molecule has 0 fully saturated rings. The van der Waals surface area contributed by atoms with E-state index in [1.807, 2.05) is 13.8 Å². The van der Waals surface area contributed by atoms with Gasteiger partial charge in [0.1, 0.15) is 6.20 Å². The second-order valence-electron chi connectivity index (χ2n) is 3.47. The van der Waals surface area contributed by atoms with Crippen molar-refractivity contribution in [2.75, 3.05) is 0 Å². The Morgan fingerprint density at radius 2 is 2.31 bits per heavy atom. The van der Waals surface area contributed by atoms with Crippen LogP contribution >= 0.6 is 0 Å². The van der Waals surface area contributed by atoms with Crippen LogP contribution in [0.25, 0.3) is 0 Å². The monoisotopic (exact) mass is 223 g/mol. The highest BCUT2D eigenvalue weighted by Gasteiger charge is 2.13. The molecule has 0 aromatic carbocycles. The van der Waals surface area contributed by atoms with Crippen LogP contribution in [-0.2, 0) is 0 Å². The van der Waals surface area contributed by atoms with Crippen molar-refractivity contribution in [1.29, 1.82) is 0 Å². The van der Waals surface area contributed by atoms with E-state index in [1.165, 1.54) is 12.3 Å². The number of pyridine rings is 1. The summed E-state index contributed by atoms with van der Waals surface area (Å²) < 4.78 is 0. The Kier molecular flexibility index (Phi) is 3.93. The fourth-order valence-corrected chi connectivity index (χ4v) is 1.06. The highest BCUT2D eigenvalue weighted by Crippen LogP contribution is 2.10. The Hall–Kier alpha value is -1.98. The van der Waals surface area contributed by atoms with Crippen LogP contribution in [0.15, 0.2) is 18.5 Å². The van der Waals surface area contributed by atoms with Crippen molar-refractivity contribution in [3.05, 3.63) is 34.1 Å². The molecule has 1 heterocycles. The molecule has 0 saturated heterocycles. The lowest BCUT2D eigenvalue weighted by Gasteiger charge is -2.10. The number of carbonyl (C=O) groups is 1. The van der Waals surface area contributed by atoms with Gasteiger partial charge in [0.2, 0.25) is 0 Å². The first-order chi connectivity index (χ1) is 7.54. The van der Waals surface area contributed by atoms with Crippen LogP contribution in [0.2, 0.25) is 0 Å². The van der Waals surface area contributed by atoms with Crippen LogP contribution in [0.4, 0.5) is 5.69 Å². The molecule has 1 unspecified atom stereocenters. The van der Waals surface area contributed by atoms with Gasteiger partial charge in [-0.05, 0) is 13.3 Å². The molecule has 6 nitrogen and oxygen atoms in total. The molecule has 0 saturated carbocycles. The standard InChI is InChI=1S/C10H13N3O3/c1-3-7(2)12-10(14)8-4-9(13(15)16)6-11-5-8/h4-7H,3H2,1-2H3,(H,12,14). The Labute approximate surface area is 92.8 Å². The van der Waals surface area contributed by atoms with Gasteiger partial charge in [-0.15, -0.1) is 0 Å². The van der Waals surface area contributed by atoms with E-state index in [9.17, 15) is 14.9 Å². The van der Waals surface area contributed by atoms with Crippen LogP contribution in [0.1, 0.15) is 30.6 Å². The van der Waals surface area contributed by atoms with E-state index in [0.717, 1.165) is 12.6 Å². The summed E-state index contributed by atoms with van der Waals surface area (Å²) in [6.45, 7) is 3.80. The minimum atomic E-state index is -0.576. The SMILES string of the molecule is CCC(C)NC(=O)c1cncc([N+](=O)[O-])c1. The molecular formula is C10H13N3O3. The lowest BCUT2D eigenvalue weighted by Crippen LogP contribution is -2.31. The molecule has 1 amide bonds. The van der Waals surface area contributed by atoms with Gasteiger partial charge in [0.25, 0.3) is 11.6 Å². The molecule has 86 valence electrons. The van der Waals surface area contributed by atoms with E-state index < -0.39 is 4.92 Å². The predicted molar refractivity (Wildman–Crippen MR) is 58.1 cm³/mol. The van der Waals surface area contributed by atoms with Gasteiger partial charge >= 0.3 is 0 Å². The molecule has 0 radical (unpaired) electrons. The number of hydrogen-bond donors (Lipinski definition) is 1. The Morgan fingerprint density at radius 3 is 2.88 bits per heavy atom. The molecular weight excluding hydrogens is 210 g/mol. The summed E-state index contributed by atoms with van der Waals surface area (Å²) in [7, 11) is 0. The van der Waals surface area contributed by atoms with Crippen molar-refractivity contribution >= 4 is 11.6 Å². The molecule has 0 aliphatic heterocycles. The number of nitro groups is 1. The van der Waals surface area contributed by atoms with Crippen molar-refractivity contribution in [2.45, 2.75) is 26.3 Å². The third-order valence-electron chi connectivity index (χ3n) is 2.19. The van der Waals surface area contributed by atoms with Gasteiger partial charge < -0.3 is 5.32 Å². The summed E-state index contributed by atoms with van der Waals surface area (Å²) in [5, 5.41) is 13.2. The van der Waals surface area contributed by atoms with Gasteiger partial charge in [-0.25, -0.2) is 0 Å². The van der Waals surface area contributed by atoms with Crippen molar-refractivity contribution < 1.29 is 9.72 Å².